The zero-order valence-electron chi connectivity index (χ0n) is 14.9. The highest BCUT2D eigenvalue weighted by Gasteiger charge is 2.34. The van der Waals surface area contributed by atoms with E-state index in [2.05, 4.69) is 48.7 Å². The molecule has 1 aliphatic carbocycles. The molecule has 0 bridgehead atoms. The molecule has 1 aromatic carbocycles. The van der Waals surface area contributed by atoms with Gasteiger partial charge in [-0.2, -0.15) is 0 Å². The normalized spacial score (nSPS) is 19.6. The van der Waals surface area contributed by atoms with Gasteiger partial charge in [0.25, 0.3) is 0 Å². The van der Waals surface area contributed by atoms with Gasteiger partial charge in [0, 0.05) is 5.92 Å². The van der Waals surface area contributed by atoms with Crippen molar-refractivity contribution in [3.8, 4) is 0 Å². The molecule has 0 radical (unpaired) electrons. The van der Waals surface area contributed by atoms with E-state index in [1.807, 2.05) is 0 Å². The lowest BCUT2D eigenvalue weighted by atomic mass is 9.94. The third kappa shape index (κ3) is 5.22. The number of halogens is 1. The molecule has 1 saturated carbocycles. The van der Waals surface area contributed by atoms with Crippen molar-refractivity contribution in [2.75, 3.05) is 13.1 Å². The average Bonchev–Trinajstić information content (AvgIpc) is 3.38. The second-order valence-electron chi connectivity index (χ2n) is 7.69. The zero-order valence-corrected chi connectivity index (χ0v) is 15.7. The Balaban J connectivity index is 0.00000208. The van der Waals surface area contributed by atoms with E-state index in [4.69, 9.17) is 0 Å². The topological polar surface area (TPSA) is 41.1 Å². The fraction of sp³-hybridized carbons (Fsp3) is 0.650. The van der Waals surface area contributed by atoms with Crippen molar-refractivity contribution < 1.29 is 4.79 Å². The summed E-state index contributed by atoms with van der Waals surface area (Å²) in [5, 5.41) is 6.69. The molecule has 1 atom stereocenters. The first kappa shape index (κ1) is 19.3. The molecule has 1 aliphatic heterocycles. The van der Waals surface area contributed by atoms with Crippen molar-refractivity contribution in [1.82, 2.24) is 10.6 Å². The Morgan fingerprint density at radius 2 is 1.75 bits per heavy atom. The van der Waals surface area contributed by atoms with Crippen LogP contribution in [0.4, 0.5) is 0 Å². The summed E-state index contributed by atoms with van der Waals surface area (Å²) in [7, 11) is 0. The lowest BCUT2D eigenvalue weighted by molar-refractivity contribution is -0.126. The summed E-state index contributed by atoms with van der Waals surface area (Å²) in [6.07, 6.45) is 5.54. The van der Waals surface area contributed by atoms with Crippen molar-refractivity contribution in [3.05, 3.63) is 35.4 Å². The molecule has 1 heterocycles. The van der Waals surface area contributed by atoms with Gasteiger partial charge in [-0.25, -0.2) is 0 Å². The van der Waals surface area contributed by atoms with E-state index in [-0.39, 0.29) is 30.3 Å². The van der Waals surface area contributed by atoms with Crippen LogP contribution in [0.25, 0.3) is 0 Å². The molecule has 4 heteroatoms. The highest BCUT2D eigenvalue weighted by Crippen LogP contribution is 2.41. The number of nitrogens with one attached hydrogen (secondary N) is 2. The van der Waals surface area contributed by atoms with E-state index in [1.165, 1.54) is 24.0 Å². The second-order valence-corrected chi connectivity index (χ2v) is 7.69. The van der Waals surface area contributed by atoms with Gasteiger partial charge in [0.05, 0.1) is 6.04 Å². The molecule has 0 spiro atoms. The number of piperidine rings is 1. The van der Waals surface area contributed by atoms with Crippen LogP contribution in [0.15, 0.2) is 24.3 Å². The fourth-order valence-electron chi connectivity index (χ4n) is 3.59. The van der Waals surface area contributed by atoms with Crippen LogP contribution < -0.4 is 10.6 Å². The van der Waals surface area contributed by atoms with Crippen LogP contribution in [-0.4, -0.2) is 19.0 Å². The molecule has 1 aromatic rings. The molecule has 1 saturated heterocycles. The summed E-state index contributed by atoms with van der Waals surface area (Å²) >= 11 is 0. The highest BCUT2D eigenvalue weighted by molar-refractivity contribution is 5.85. The first-order chi connectivity index (χ1) is 11.1. The highest BCUT2D eigenvalue weighted by atomic mass is 35.5. The van der Waals surface area contributed by atoms with Gasteiger partial charge in [-0.05, 0) is 68.2 Å². The van der Waals surface area contributed by atoms with Crippen molar-refractivity contribution in [3.63, 3.8) is 0 Å². The van der Waals surface area contributed by atoms with E-state index in [0.29, 0.717) is 11.8 Å². The Bertz CT molecular complexity index is 519. The lowest BCUT2D eigenvalue weighted by Gasteiger charge is -2.26. The second kappa shape index (κ2) is 8.87. The molecule has 3 rings (SSSR count). The van der Waals surface area contributed by atoms with E-state index >= 15 is 0 Å². The molecule has 2 fully saturated rings. The summed E-state index contributed by atoms with van der Waals surface area (Å²) in [6, 6.07) is 9.14. The van der Waals surface area contributed by atoms with Gasteiger partial charge < -0.3 is 10.6 Å². The maximum Gasteiger partial charge on any atom is 0.223 e. The van der Waals surface area contributed by atoms with Crippen LogP contribution in [0, 0.1) is 17.8 Å². The Labute approximate surface area is 152 Å². The van der Waals surface area contributed by atoms with Gasteiger partial charge in [0.2, 0.25) is 5.91 Å². The molecule has 24 heavy (non-hydrogen) atoms. The Kier molecular flexibility index (Phi) is 7.12. The maximum absolute atomic E-state index is 12.6. The van der Waals surface area contributed by atoms with Crippen LogP contribution in [0.3, 0.4) is 0 Å². The molecule has 1 unspecified atom stereocenters. The number of hydrogen-bond acceptors (Lipinski definition) is 2. The Hall–Kier alpha value is -1.06. The molecule has 1 amide bonds. The van der Waals surface area contributed by atoms with Crippen LogP contribution in [0.1, 0.15) is 56.7 Å². The van der Waals surface area contributed by atoms with Crippen LogP contribution in [0.2, 0.25) is 0 Å². The van der Waals surface area contributed by atoms with Gasteiger partial charge >= 0.3 is 0 Å². The number of benzene rings is 1. The number of carbonyl (C=O) groups excluding carboxylic acids is 1. The smallest absolute Gasteiger partial charge is 0.223 e. The van der Waals surface area contributed by atoms with Crippen LogP contribution in [-0.2, 0) is 11.2 Å². The van der Waals surface area contributed by atoms with Crippen molar-refractivity contribution in [1.29, 1.82) is 0 Å². The first-order valence-electron chi connectivity index (χ1n) is 9.23. The lowest BCUT2D eigenvalue weighted by Crippen LogP contribution is -2.40. The minimum absolute atomic E-state index is 0. The summed E-state index contributed by atoms with van der Waals surface area (Å²) < 4.78 is 0. The number of rotatable bonds is 6. The number of hydrogen-bond donors (Lipinski definition) is 2. The zero-order chi connectivity index (χ0) is 16.2. The Morgan fingerprint density at radius 3 is 2.29 bits per heavy atom. The number of amides is 1. The van der Waals surface area contributed by atoms with Crippen molar-refractivity contribution in [2.24, 2.45) is 17.8 Å². The van der Waals surface area contributed by atoms with Crippen molar-refractivity contribution in [2.45, 2.75) is 52.0 Å². The van der Waals surface area contributed by atoms with Gasteiger partial charge in [-0.15, -0.1) is 12.4 Å². The number of carbonyl (C=O) groups is 1. The minimum Gasteiger partial charge on any atom is -0.349 e. The SMILES string of the molecule is CC(C)Cc1ccc(C(NC(=O)C2CCNCC2)C2CC2)cc1.Cl. The summed E-state index contributed by atoms with van der Waals surface area (Å²) in [5.41, 5.74) is 2.67. The van der Waals surface area contributed by atoms with E-state index in [0.717, 1.165) is 32.4 Å². The summed E-state index contributed by atoms with van der Waals surface area (Å²) in [4.78, 5) is 12.6. The van der Waals surface area contributed by atoms with E-state index < -0.39 is 0 Å². The predicted molar refractivity (Wildman–Crippen MR) is 101 cm³/mol. The molecule has 3 nitrogen and oxygen atoms in total. The maximum atomic E-state index is 12.6. The molecule has 2 N–H and O–H groups in total. The quantitative estimate of drug-likeness (QED) is 0.817. The van der Waals surface area contributed by atoms with E-state index in [9.17, 15) is 4.79 Å². The summed E-state index contributed by atoms with van der Waals surface area (Å²) in [6.45, 7) is 6.44. The summed E-state index contributed by atoms with van der Waals surface area (Å²) in [5.74, 6) is 1.77. The molecular weight excluding hydrogens is 320 g/mol. The predicted octanol–water partition coefficient (Wildman–Crippen LogP) is 3.87. The van der Waals surface area contributed by atoms with Gasteiger partial charge in [-0.1, -0.05) is 38.1 Å². The largest absolute Gasteiger partial charge is 0.349 e. The third-order valence-corrected chi connectivity index (χ3v) is 5.08. The fourth-order valence-corrected chi connectivity index (χ4v) is 3.59. The average molecular weight is 351 g/mol. The standard InChI is InChI=1S/C20H30N2O.ClH/c1-14(2)13-15-3-5-16(6-4-15)19(17-7-8-17)22-20(23)18-9-11-21-12-10-18;/h3-6,14,17-19,21H,7-13H2,1-2H3,(H,22,23);1H. The first-order valence-corrected chi connectivity index (χ1v) is 9.23. The monoisotopic (exact) mass is 350 g/mol. The van der Waals surface area contributed by atoms with Gasteiger partial charge in [0.15, 0.2) is 0 Å². The molecular formula is C20H31ClN2O. The molecule has 2 aliphatic rings. The van der Waals surface area contributed by atoms with Gasteiger partial charge in [-0.3, -0.25) is 4.79 Å². The molecule has 134 valence electrons. The van der Waals surface area contributed by atoms with Crippen molar-refractivity contribution >= 4 is 18.3 Å². The van der Waals surface area contributed by atoms with Crippen LogP contribution in [0.5, 0.6) is 0 Å². The third-order valence-electron chi connectivity index (χ3n) is 5.08. The minimum atomic E-state index is 0. The van der Waals surface area contributed by atoms with E-state index in [1.54, 1.807) is 0 Å². The Morgan fingerprint density at radius 1 is 1.12 bits per heavy atom. The molecule has 0 aromatic heterocycles. The van der Waals surface area contributed by atoms with Gasteiger partial charge in [0.1, 0.15) is 0 Å². The van der Waals surface area contributed by atoms with Crippen LogP contribution >= 0.6 is 12.4 Å².